The molecule has 1 N–H and O–H groups in total. The highest BCUT2D eigenvalue weighted by Gasteiger charge is 2.26. The van der Waals surface area contributed by atoms with Gasteiger partial charge in [-0.05, 0) is 31.3 Å². The first kappa shape index (κ1) is 31.1. The number of nitrogens with one attached hydrogen (secondary N) is 1. The number of halogens is 3. The van der Waals surface area contributed by atoms with Gasteiger partial charge in [-0.15, -0.1) is 10.2 Å². The summed E-state index contributed by atoms with van der Waals surface area (Å²) in [5, 5.41) is 13.8. The Kier molecular flexibility index (Phi) is 10.2. The number of ether oxygens (including phenoxy) is 1. The molecular formula is C29H34F3N9O3. The second-order valence-electron chi connectivity index (χ2n) is 10.6. The third-order valence-corrected chi connectivity index (χ3v) is 7.59. The summed E-state index contributed by atoms with van der Waals surface area (Å²) in [5.41, 5.74) is 2.70. The number of allylic oxidation sites excluding steroid dienone is 3. The third kappa shape index (κ3) is 7.59. The van der Waals surface area contributed by atoms with Crippen LogP contribution in [0.4, 0.5) is 13.2 Å². The quantitative estimate of drug-likeness (QED) is 0.215. The summed E-state index contributed by atoms with van der Waals surface area (Å²) in [6, 6.07) is 3.34. The standard InChI is InChI=1S/C29H34F3N9O3/c1-3-26(40-8-6-39(7-9-40)14-20-11-34-35-12-20)25(30)10-23(16-38(2)24-17-43-18-24)41(19-42)15-22-5-4-21(13-33-22)28-36-37-29(44-28)27(31)32/h3-5,10-13,19,24,27H,1,6-9,14-18H2,2H3,(H,34,35)/b23-10+,26-25-. The van der Waals surface area contributed by atoms with E-state index < -0.39 is 18.1 Å². The lowest BCUT2D eigenvalue weighted by Crippen LogP contribution is -2.48. The second-order valence-corrected chi connectivity index (χ2v) is 10.6. The molecule has 0 aromatic carbocycles. The minimum atomic E-state index is -2.88. The molecule has 0 bridgehead atoms. The Balaban J connectivity index is 1.32. The highest BCUT2D eigenvalue weighted by molar-refractivity contribution is 5.53. The maximum atomic E-state index is 16.0. The normalized spacial score (nSPS) is 17.1. The number of likely N-dealkylation sites (N-methyl/N-ethyl adjacent to an activating group) is 1. The van der Waals surface area contributed by atoms with Crippen LogP contribution in [0.15, 0.2) is 71.1 Å². The first-order chi connectivity index (χ1) is 21.3. The van der Waals surface area contributed by atoms with Crippen molar-refractivity contribution in [2.24, 2.45) is 0 Å². The van der Waals surface area contributed by atoms with Gasteiger partial charge in [0.2, 0.25) is 12.3 Å². The van der Waals surface area contributed by atoms with Crippen LogP contribution in [-0.2, 0) is 22.6 Å². The van der Waals surface area contributed by atoms with Gasteiger partial charge >= 0.3 is 6.43 Å². The van der Waals surface area contributed by atoms with E-state index in [1.54, 1.807) is 18.3 Å². The molecule has 5 rings (SSSR count). The molecule has 15 heteroatoms. The number of carbonyl (C=O) groups excluding carboxylic acids is 1. The number of H-pyrrole nitrogens is 1. The van der Waals surface area contributed by atoms with Crippen LogP contribution in [0, 0.1) is 0 Å². The molecule has 1 amide bonds. The molecule has 2 fully saturated rings. The molecule has 0 radical (unpaired) electrons. The van der Waals surface area contributed by atoms with Gasteiger partial charge in [0, 0.05) is 62.9 Å². The number of hydrogen-bond acceptors (Lipinski definition) is 10. The van der Waals surface area contributed by atoms with Gasteiger partial charge in [0.1, 0.15) is 5.83 Å². The number of aromatic amines is 1. The molecule has 0 atom stereocenters. The zero-order valence-electron chi connectivity index (χ0n) is 24.3. The van der Waals surface area contributed by atoms with E-state index in [0.717, 1.165) is 25.2 Å². The second kappa shape index (κ2) is 14.4. The molecular weight excluding hydrogens is 579 g/mol. The van der Waals surface area contributed by atoms with Gasteiger partial charge < -0.3 is 19.0 Å². The van der Waals surface area contributed by atoms with Gasteiger partial charge in [-0.3, -0.25) is 24.7 Å². The van der Waals surface area contributed by atoms with Crippen molar-refractivity contribution in [2.75, 3.05) is 53.0 Å². The molecule has 0 aliphatic carbocycles. The summed E-state index contributed by atoms with van der Waals surface area (Å²) in [6.45, 7) is 8.75. The van der Waals surface area contributed by atoms with E-state index in [-0.39, 0.29) is 25.0 Å². The number of pyridine rings is 1. The molecule has 0 saturated carbocycles. The van der Waals surface area contributed by atoms with Crippen LogP contribution in [0.5, 0.6) is 0 Å². The summed E-state index contributed by atoms with van der Waals surface area (Å²) in [7, 11) is 1.89. The summed E-state index contributed by atoms with van der Waals surface area (Å²) in [5.74, 6) is -1.38. The number of piperazine rings is 1. The van der Waals surface area contributed by atoms with Crippen molar-refractivity contribution >= 4 is 6.41 Å². The fourth-order valence-electron chi connectivity index (χ4n) is 4.91. The number of aromatic nitrogens is 5. The van der Waals surface area contributed by atoms with E-state index in [0.29, 0.717) is 55.4 Å². The fourth-order valence-corrected chi connectivity index (χ4v) is 4.91. The SMILES string of the molecule is C=C/C(=C(F)\C=C(/CN(C)C1COC1)N(C=O)Cc1ccc(-c2nnc(C(F)F)o2)cn1)N1CCN(Cc2cn[nH]c2)CC1. The maximum Gasteiger partial charge on any atom is 0.314 e. The predicted octanol–water partition coefficient (Wildman–Crippen LogP) is 3.15. The Morgan fingerprint density at radius 2 is 2.00 bits per heavy atom. The largest absolute Gasteiger partial charge is 0.415 e. The number of rotatable bonds is 14. The Labute approximate surface area is 252 Å². The van der Waals surface area contributed by atoms with E-state index in [2.05, 4.69) is 36.9 Å². The van der Waals surface area contributed by atoms with Crippen molar-refractivity contribution in [3.63, 3.8) is 0 Å². The highest BCUT2D eigenvalue weighted by atomic mass is 19.3. The highest BCUT2D eigenvalue weighted by Crippen LogP contribution is 2.24. The topological polar surface area (TPSA) is 120 Å². The van der Waals surface area contributed by atoms with Gasteiger partial charge in [-0.25, -0.2) is 4.39 Å². The number of carbonyl (C=O) groups is 1. The van der Waals surface area contributed by atoms with E-state index in [1.807, 2.05) is 23.0 Å². The van der Waals surface area contributed by atoms with Crippen molar-refractivity contribution in [3.8, 4) is 11.5 Å². The number of amides is 1. The lowest BCUT2D eigenvalue weighted by Gasteiger charge is -2.37. The van der Waals surface area contributed by atoms with E-state index in [1.165, 1.54) is 23.2 Å². The van der Waals surface area contributed by atoms with Gasteiger partial charge in [0.05, 0.1) is 49.0 Å². The van der Waals surface area contributed by atoms with E-state index >= 15 is 4.39 Å². The molecule has 44 heavy (non-hydrogen) atoms. The first-order valence-electron chi connectivity index (χ1n) is 14.1. The molecule has 0 spiro atoms. The Bertz CT molecular complexity index is 1450. The van der Waals surface area contributed by atoms with Crippen LogP contribution in [-0.4, -0.2) is 110 Å². The molecule has 2 saturated heterocycles. The number of hydrogen-bond donors (Lipinski definition) is 1. The summed E-state index contributed by atoms with van der Waals surface area (Å²) >= 11 is 0. The van der Waals surface area contributed by atoms with Crippen LogP contribution in [0.3, 0.4) is 0 Å². The first-order valence-corrected chi connectivity index (χ1v) is 14.1. The molecule has 2 aliphatic rings. The Hall–Kier alpha value is -4.34. The summed E-state index contributed by atoms with van der Waals surface area (Å²) < 4.78 is 51.9. The van der Waals surface area contributed by atoms with Gasteiger partial charge in [-0.2, -0.15) is 13.9 Å². The van der Waals surface area contributed by atoms with Crippen molar-refractivity contribution < 1.29 is 27.1 Å². The lowest BCUT2D eigenvalue weighted by atomic mass is 10.1. The smallest absolute Gasteiger partial charge is 0.314 e. The van der Waals surface area contributed by atoms with Gasteiger partial charge in [0.25, 0.3) is 5.89 Å². The van der Waals surface area contributed by atoms with Crippen molar-refractivity contribution in [3.05, 3.63) is 83.8 Å². The third-order valence-electron chi connectivity index (χ3n) is 7.59. The van der Waals surface area contributed by atoms with Crippen LogP contribution in [0.25, 0.3) is 11.5 Å². The van der Waals surface area contributed by atoms with Crippen LogP contribution in [0.2, 0.25) is 0 Å². The molecule has 12 nitrogen and oxygen atoms in total. The van der Waals surface area contributed by atoms with E-state index in [4.69, 9.17) is 9.15 Å². The van der Waals surface area contributed by atoms with Crippen molar-refractivity contribution in [1.29, 1.82) is 0 Å². The molecule has 5 heterocycles. The van der Waals surface area contributed by atoms with Gasteiger partial charge in [-0.1, -0.05) is 6.58 Å². The minimum absolute atomic E-state index is 0.0418. The Morgan fingerprint density at radius 1 is 1.20 bits per heavy atom. The molecule has 2 aliphatic heterocycles. The minimum Gasteiger partial charge on any atom is -0.415 e. The van der Waals surface area contributed by atoms with E-state index in [9.17, 15) is 13.6 Å². The van der Waals surface area contributed by atoms with Crippen LogP contribution in [0.1, 0.15) is 23.6 Å². The predicted molar refractivity (Wildman–Crippen MR) is 153 cm³/mol. The number of nitrogens with zero attached hydrogens (tertiary/aromatic N) is 8. The van der Waals surface area contributed by atoms with Crippen molar-refractivity contribution in [1.82, 2.24) is 45.0 Å². The molecule has 0 unspecified atom stereocenters. The van der Waals surface area contributed by atoms with Gasteiger partial charge in [0.15, 0.2) is 0 Å². The van der Waals surface area contributed by atoms with Crippen molar-refractivity contribution in [2.45, 2.75) is 25.6 Å². The summed E-state index contributed by atoms with van der Waals surface area (Å²) in [6.07, 6.45) is 5.68. The average Bonchev–Trinajstić information content (AvgIpc) is 3.69. The summed E-state index contributed by atoms with van der Waals surface area (Å²) in [4.78, 5) is 24.3. The molecule has 3 aromatic rings. The maximum absolute atomic E-state index is 16.0. The number of alkyl halides is 2. The zero-order valence-corrected chi connectivity index (χ0v) is 24.3. The van der Waals surface area contributed by atoms with Crippen LogP contribution >= 0.6 is 0 Å². The zero-order chi connectivity index (χ0) is 31.1. The lowest BCUT2D eigenvalue weighted by molar-refractivity contribution is -0.117. The Morgan fingerprint density at radius 3 is 2.57 bits per heavy atom. The molecule has 3 aromatic heterocycles. The fraction of sp³-hybridized carbons (Fsp3) is 0.414. The molecule has 234 valence electrons. The average molecular weight is 614 g/mol. The van der Waals surface area contributed by atoms with Crippen LogP contribution < -0.4 is 0 Å². The monoisotopic (exact) mass is 613 g/mol.